The minimum Gasteiger partial charge on any atom is -0.497 e. The van der Waals surface area contributed by atoms with Crippen LogP contribution in [0.25, 0.3) is 0 Å². The van der Waals surface area contributed by atoms with Crippen molar-refractivity contribution in [2.45, 2.75) is 51.9 Å². The number of rotatable bonds is 11. The number of esters is 1. The highest BCUT2D eigenvalue weighted by atomic mass is 16.5. The number of hydrogen-bond acceptors (Lipinski definition) is 5. The van der Waals surface area contributed by atoms with Gasteiger partial charge in [-0.3, -0.25) is 4.79 Å². The molecule has 0 bridgehead atoms. The lowest BCUT2D eigenvalue weighted by atomic mass is 10.1. The molecule has 2 aromatic rings. The van der Waals surface area contributed by atoms with Gasteiger partial charge in [0.25, 0.3) is 0 Å². The van der Waals surface area contributed by atoms with Gasteiger partial charge in [0.2, 0.25) is 0 Å². The molecule has 0 saturated heterocycles. The Kier molecular flexibility index (Phi) is 9.04. The van der Waals surface area contributed by atoms with Crippen LogP contribution < -0.4 is 9.47 Å². The van der Waals surface area contributed by atoms with Crippen molar-refractivity contribution >= 4 is 17.3 Å². The summed E-state index contributed by atoms with van der Waals surface area (Å²) < 4.78 is 10.5. The normalized spacial score (nSPS) is 10.9. The molecule has 2 rings (SSSR count). The van der Waals surface area contributed by atoms with E-state index in [1.165, 1.54) is 25.7 Å². The van der Waals surface area contributed by atoms with E-state index in [4.69, 9.17) is 9.47 Å². The Labute approximate surface area is 161 Å². The van der Waals surface area contributed by atoms with E-state index >= 15 is 0 Å². The molecular weight excluding hydrogens is 340 g/mol. The van der Waals surface area contributed by atoms with Crippen LogP contribution in [0.4, 0.5) is 11.4 Å². The van der Waals surface area contributed by atoms with Gasteiger partial charge in [-0.25, -0.2) is 0 Å². The first-order valence-electron chi connectivity index (χ1n) is 9.58. The number of azo groups is 1. The zero-order chi connectivity index (χ0) is 19.3. The number of hydrogen-bond donors (Lipinski definition) is 0. The van der Waals surface area contributed by atoms with Gasteiger partial charge in [0.1, 0.15) is 11.5 Å². The molecular formula is C22H28N2O3. The summed E-state index contributed by atoms with van der Waals surface area (Å²) in [5, 5.41) is 8.36. The van der Waals surface area contributed by atoms with Gasteiger partial charge in [0.15, 0.2) is 0 Å². The molecule has 0 amide bonds. The lowest BCUT2D eigenvalue weighted by molar-refractivity contribution is -0.134. The van der Waals surface area contributed by atoms with Crippen molar-refractivity contribution in [3.05, 3.63) is 48.5 Å². The molecule has 27 heavy (non-hydrogen) atoms. The van der Waals surface area contributed by atoms with Crippen LogP contribution >= 0.6 is 0 Å². The van der Waals surface area contributed by atoms with Gasteiger partial charge in [-0.2, -0.15) is 10.2 Å². The second-order valence-electron chi connectivity index (χ2n) is 6.38. The molecule has 2 aromatic carbocycles. The van der Waals surface area contributed by atoms with E-state index < -0.39 is 0 Å². The summed E-state index contributed by atoms with van der Waals surface area (Å²) in [6.07, 6.45) is 7.37. The molecule has 0 aromatic heterocycles. The molecule has 0 spiro atoms. The van der Waals surface area contributed by atoms with Crippen LogP contribution in [0.15, 0.2) is 58.8 Å². The Bertz CT molecular complexity index is 709. The molecule has 0 N–H and O–H groups in total. The van der Waals surface area contributed by atoms with Gasteiger partial charge < -0.3 is 9.47 Å². The third-order valence-electron chi connectivity index (χ3n) is 4.16. The maximum absolute atomic E-state index is 11.9. The van der Waals surface area contributed by atoms with E-state index in [-0.39, 0.29) is 5.97 Å². The van der Waals surface area contributed by atoms with E-state index in [0.717, 1.165) is 24.3 Å². The van der Waals surface area contributed by atoms with E-state index in [9.17, 15) is 4.79 Å². The standard InChI is InChI=1S/C22H28N2O3/c1-3-4-5-6-7-8-9-22(25)27-21-16-12-19(13-17-21)24-23-18-10-14-20(26-2)15-11-18/h10-17H,3-9H2,1-2H3. The van der Waals surface area contributed by atoms with E-state index in [2.05, 4.69) is 17.2 Å². The summed E-state index contributed by atoms with van der Waals surface area (Å²) in [4.78, 5) is 11.9. The number of carbonyl (C=O) groups excluding carboxylic acids is 1. The van der Waals surface area contributed by atoms with Crippen molar-refractivity contribution in [1.29, 1.82) is 0 Å². The summed E-state index contributed by atoms with van der Waals surface area (Å²) in [6, 6.07) is 14.4. The van der Waals surface area contributed by atoms with E-state index in [1.54, 1.807) is 31.4 Å². The van der Waals surface area contributed by atoms with E-state index in [0.29, 0.717) is 17.9 Å². The zero-order valence-corrected chi connectivity index (χ0v) is 16.2. The quantitative estimate of drug-likeness (QED) is 0.190. The van der Waals surface area contributed by atoms with Gasteiger partial charge in [-0.15, -0.1) is 0 Å². The summed E-state index contributed by atoms with van der Waals surface area (Å²) in [5.74, 6) is 1.13. The maximum Gasteiger partial charge on any atom is 0.311 e. The second-order valence-corrected chi connectivity index (χ2v) is 6.38. The topological polar surface area (TPSA) is 60.2 Å². The van der Waals surface area contributed by atoms with Crippen LogP contribution in [0.2, 0.25) is 0 Å². The summed E-state index contributed by atoms with van der Waals surface area (Å²) >= 11 is 0. The predicted octanol–water partition coefficient (Wildman–Crippen LogP) is 6.77. The minimum atomic E-state index is -0.182. The minimum absolute atomic E-state index is 0.182. The average molecular weight is 368 g/mol. The van der Waals surface area contributed by atoms with Gasteiger partial charge in [-0.1, -0.05) is 39.0 Å². The van der Waals surface area contributed by atoms with Crippen LogP contribution in [0, 0.1) is 0 Å². The van der Waals surface area contributed by atoms with Crippen molar-refractivity contribution in [2.75, 3.05) is 7.11 Å². The SMILES string of the molecule is CCCCCCCCC(=O)Oc1ccc(N=Nc2ccc(OC)cc2)cc1. The number of benzene rings is 2. The fourth-order valence-corrected chi connectivity index (χ4v) is 2.58. The number of unbranched alkanes of at least 4 members (excludes halogenated alkanes) is 5. The third-order valence-corrected chi connectivity index (χ3v) is 4.16. The number of ether oxygens (including phenoxy) is 2. The maximum atomic E-state index is 11.9. The molecule has 0 atom stereocenters. The van der Waals surface area contributed by atoms with Gasteiger partial charge >= 0.3 is 5.97 Å². The molecule has 0 heterocycles. The van der Waals surface area contributed by atoms with Crippen LogP contribution in [0.1, 0.15) is 51.9 Å². The highest BCUT2D eigenvalue weighted by Gasteiger charge is 2.05. The smallest absolute Gasteiger partial charge is 0.311 e. The number of nitrogens with zero attached hydrogens (tertiary/aromatic N) is 2. The Morgan fingerprint density at radius 1 is 0.778 bits per heavy atom. The molecule has 144 valence electrons. The number of methoxy groups -OCH3 is 1. The van der Waals surface area contributed by atoms with Crippen LogP contribution in [-0.2, 0) is 4.79 Å². The second kappa shape index (κ2) is 11.8. The monoisotopic (exact) mass is 368 g/mol. The van der Waals surface area contributed by atoms with Crippen LogP contribution in [-0.4, -0.2) is 13.1 Å². The molecule has 0 radical (unpaired) electrons. The van der Waals surface area contributed by atoms with Gasteiger partial charge in [0.05, 0.1) is 18.5 Å². The Balaban J connectivity index is 1.75. The highest BCUT2D eigenvalue weighted by Crippen LogP contribution is 2.23. The van der Waals surface area contributed by atoms with Gasteiger partial charge in [0, 0.05) is 6.42 Å². The molecule has 0 unspecified atom stereocenters. The molecule has 5 nitrogen and oxygen atoms in total. The largest absolute Gasteiger partial charge is 0.497 e. The Morgan fingerprint density at radius 3 is 1.85 bits per heavy atom. The highest BCUT2D eigenvalue weighted by molar-refractivity contribution is 5.72. The van der Waals surface area contributed by atoms with Crippen molar-refractivity contribution in [3.8, 4) is 11.5 Å². The molecule has 0 aliphatic carbocycles. The van der Waals surface area contributed by atoms with Crippen LogP contribution in [0.5, 0.6) is 11.5 Å². The fourth-order valence-electron chi connectivity index (χ4n) is 2.58. The zero-order valence-electron chi connectivity index (χ0n) is 16.2. The first kappa shape index (κ1) is 20.6. The molecule has 0 aliphatic rings. The van der Waals surface area contributed by atoms with Crippen molar-refractivity contribution in [1.82, 2.24) is 0 Å². The lowest BCUT2D eigenvalue weighted by Crippen LogP contribution is -2.07. The van der Waals surface area contributed by atoms with Crippen LogP contribution in [0.3, 0.4) is 0 Å². The summed E-state index contributed by atoms with van der Waals surface area (Å²) in [5.41, 5.74) is 1.44. The lowest BCUT2D eigenvalue weighted by Gasteiger charge is -2.04. The molecule has 0 aliphatic heterocycles. The molecule has 0 saturated carbocycles. The predicted molar refractivity (Wildman–Crippen MR) is 107 cm³/mol. The summed E-state index contributed by atoms with van der Waals surface area (Å²) in [7, 11) is 1.62. The van der Waals surface area contributed by atoms with Crippen molar-refractivity contribution in [2.24, 2.45) is 10.2 Å². The Hall–Kier alpha value is -2.69. The first-order valence-corrected chi connectivity index (χ1v) is 9.58. The van der Waals surface area contributed by atoms with Crippen molar-refractivity contribution in [3.63, 3.8) is 0 Å². The average Bonchev–Trinajstić information content (AvgIpc) is 2.70. The third kappa shape index (κ3) is 8.03. The van der Waals surface area contributed by atoms with Crippen molar-refractivity contribution < 1.29 is 14.3 Å². The summed E-state index contributed by atoms with van der Waals surface area (Å²) in [6.45, 7) is 2.20. The van der Waals surface area contributed by atoms with E-state index in [1.807, 2.05) is 24.3 Å². The first-order chi connectivity index (χ1) is 13.2. The molecule has 0 fully saturated rings. The fraction of sp³-hybridized carbons (Fsp3) is 0.409. The van der Waals surface area contributed by atoms with Gasteiger partial charge in [-0.05, 0) is 55.0 Å². The Morgan fingerprint density at radius 2 is 1.30 bits per heavy atom. The molecule has 5 heteroatoms. The number of carbonyl (C=O) groups is 1.